The molecule has 0 saturated heterocycles. The molecule has 28 heavy (non-hydrogen) atoms. The van der Waals surface area contributed by atoms with Crippen molar-refractivity contribution in [3.05, 3.63) is 59.4 Å². The van der Waals surface area contributed by atoms with Crippen LogP contribution in [-0.2, 0) is 5.60 Å². The van der Waals surface area contributed by atoms with Crippen LogP contribution in [0.1, 0.15) is 57.0 Å². The Morgan fingerprint density at radius 2 is 1.89 bits per heavy atom. The SMILES string of the molecule is CC(C)CC(C)(N)CC(O)(CCN)c1cccc(C2=[N+]=Nc3ccccc32)n1. The second kappa shape index (κ2) is 7.94. The molecule has 0 aliphatic carbocycles. The highest BCUT2D eigenvalue weighted by Crippen LogP contribution is 2.34. The molecule has 0 spiro atoms. The van der Waals surface area contributed by atoms with Crippen LogP contribution in [0.4, 0.5) is 5.69 Å². The Kier molecular flexibility index (Phi) is 5.77. The first-order valence-electron chi connectivity index (χ1n) is 9.81. The minimum Gasteiger partial charge on any atom is -0.383 e. The van der Waals surface area contributed by atoms with E-state index in [-0.39, 0.29) is 0 Å². The number of aromatic nitrogens is 1. The summed E-state index contributed by atoms with van der Waals surface area (Å²) in [7, 11) is 0. The van der Waals surface area contributed by atoms with Crippen molar-refractivity contribution in [3.8, 4) is 0 Å². The van der Waals surface area contributed by atoms with Crippen LogP contribution in [-0.4, -0.2) is 32.7 Å². The van der Waals surface area contributed by atoms with E-state index in [2.05, 4.69) is 23.8 Å². The van der Waals surface area contributed by atoms with Gasteiger partial charge in [-0.25, -0.2) is 4.98 Å². The molecule has 3 rings (SSSR count). The van der Waals surface area contributed by atoms with Crippen LogP contribution in [0.25, 0.3) is 0 Å². The van der Waals surface area contributed by atoms with E-state index in [0.29, 0.717) is 42.4 Å². The quantitative estimate of drug-likeness (QED) is 0.522. The van der Waals surface area contributed by atoms with Crippen LogP contribution in [0, 0.1) is 5.92 Å². The number of pyridine rings is 1. The first-order chi connectivity index (χ1) is 13.2. The number of aliphatic hydroxyl groups is 1. The third-order valence-electron chi connectivity index (χ3n) is 5.01. The first-order valence-corrected chi connectivity index (χ1v) is 9.81. The zero-order valence-corrected chi connectivity index (χ0v) is 16.9. The molecule has 2 aromatic rings. The molecule has 2 heterocycles. The van der Waals surface area contributed by atoms with Crippen molar-refractivity contribution in [3.63, 3.8) is 0 Å². The average Bonchev–Trinajstić information content (AvgIpc) is 3.04. The predicted molar refractivity (Wildman–Crippen MR) is 110 cm³/mol. The van der Waals surface area contributed by atoms with Crippen LogP contribution in [0.5, 0.6) is 0 Å². The molecule has 0 saturated carbocycles. The van der Waals surface area contributed by atoms with Crippen LogP contribution < -0.4 is 11.5 Å². The monoisotopic (exact) mass is 380 g/mol. The number of rotatable bonds is 8. The molecule has 2 atom stereocenters. The number of nitrogens with zero attached hydrogens (tertiary/aromatic N) is 3. The molecule has 1 aliphatic heterocycles. The van der Waals surface area contributed by atoms with Gasteiger partial charge < -0.3 is 16.6 Å². The van der Waals surface area contributed by atoms with Crippen molar-refractivity contribution >= 4 is 11.4 Å². The Hall–Kier alpha value is -2.37. The second-order valence-corrected chi connectivity index (χ2v) is 8.47. The van der Waals surface area contributed by atoms with Gasteiger partial charge >= 0.3 is 5.71 Å². The Balaban J connectivity index is 1.95. The van der Waals surface area contributed by atoms with Gasteiger partial charge in [-0.15, -0.1) is 0 Å². The van der Waals surface area contributed by atoms with E-state index < -0.39 is 11.1 Å². The summed E-state index contributed by atoms with van der Waals surface area (Å²) < 4.78 is 0. The molecule has 0 bridgehead atoms. The van der Waals surface area contributed by atoms with Crippen molar-refractivity contribution in [1.29, 1.82) is 0 Å². The van der Waals surface area contributed by atoms with E-state index in [4.69, 9.17) is 16.5 Å². The summed E-state index contributed by atoms with van der Waals surface area (Å²) in [6.45, 7) is 6.59. The highest BCUT2D eigenvalue weighted by molar-refractivity contribution is 6.11. The highest BCUT2D eigenvalue weighted by atomic mass is 16.3. The molecule has 148 valence electrons. The van der Waals surface area contributed by atoms with Crippen molar-refractivity contribution in [2.24, 2.45) is 22.5 Å². The molecule has 0 amide bonds. The molecule has 1 aromatic carbocycles. The first kappa shape index (κ1) is 20.4. The minimum atomic E-state index is -1.20. The van der Waals surface area contributed by atoms with Crippen LogP contribution >= 0.6 is 0 Å². The molecule has 0 fully saturated rings. The van der Waals surface area contributed by atoms with Gasteiger partial charge in [0.2, 0.25) is 0 Å². The third kappa shape index (κ3) is 4.37. The van der Waals surface area contributed by atoms with Gasteiger partial charge in [0.25, 0.3) is 0 Å². The summed E-state index contributed by atoms with van der Waals surface area (Å²) >= 11 is 0. The van der Waals surface area contributed by atoms with Crippen LogP contribution in [0.3, 0.4) is 0 Å². The van der Waals surface area contributed by atoms with Crippen LogP contribution in [0.15, 0.2) is 47.6 Å². The fraction of sp³-hybridized carbons (Fsp3) is 0.455. The van der Waals surface area contributed by atoms with Gasteiger partial charge in [-0.3, -0.25) is 0 Å². The van der Waals surface area contributed by atoms with Crippen molar-refractivity contribution < 1.29 is 9.90 Å². The number of benzene rings is 1. The van der Waals surface area contributed by atoms with Gasteiger partial charge in [0.05, 0.1) is 10.5 Å². The second-order valence-electron chi connectivity index (χ2n) is 8.47. The largest absolute Gasteiger partial charge is 0.400 e. The zero-order chi connectivity index (χ0) is 20.4. The molecule has 1 aromatic heterocycles. The Bertz CT molecular complexity index is 915. The van der Waals surface area contributed by atoms with Gasteiger partial charge in [-0.2, -0.15) is 0 Å². The molecule has 2 unspecified atom stereocenters. The molecule has 5 N–H and O–H groups in total. The molecular formula is C22H30N5O+. The average molecular weight is 381 g/mol. The standard InChI is InChI=1S/C22H30N5O/c1-15(2)13-21(3,24)14-22(28,11-12-23)19-10-6-9-18(25-19)20-16-7-4-5-8-17(16)26-27-20/h4-10,15,28H,11-14,23-24H2,1-3H3/q+1. The maximum atomic E-state index is 11.5. The Labute approximate surface area is 166 Å². The van der Waals surface area contributed by atoms with E-state index in [1.807, 2.05) is 49.4 Å². The lowest BCUT2D eigenvalue weighted by molar-refractivity contribution is -0.0699. The van der Waals surface area contributed by atoms with E-state index in [1.165, 1.54) is 0 Å². The maximum Gasteiger partial charge on any atom is 0.400 e. The fourth-order valence-corrected chi connectivity index (χ4v) is 4.15. The van der Waals surface area contributed by atoms with Gasteiger partial charge in [0.15, 0.2) is 11.4 Å². The lowest BCUT2D eigenvalue weighted by Crippen LogP contribution is -2.46. The van der Waals surface area contributed by atoms with Crippen LogP contribution in [0.2, 0.25) is 0 Å². The van der Waals surface area contributed by atoms with Gasteiger partial charge in [0, 0.05) is 5.54 Å². The van der Waals surface area contributed by atoms with Crippen molar-refractivity contribution in [1.82, 2.24) is 4.98 Å². The zero-order valence-electron chi connectivity index (χ0n) is 16.9. The van der Waals surface area contributed by atoms with E-state index in [0.717, 1.165) is 17.7 Å². The summed E-state index contributed by atoms with van der Waals surface area (Å²) in [6.07, 6.45) is 1.58. The molecule has 6 heteroatoms. The molecule has 1 aliphatic rings. The summed E-state index contributed by atoms with van der Waals surface area (Å²) in [4.78, 5) is 9.06. The number of fused-ring (bicyclic) bond motifs is 1. The third-order valence-corrected chi connectivity index (χ3v) is 5.01. The summed E-state index contributed by atoms with van der Waals surface area (Å²) in [5, 5.41) is 15.7. The molecular weight excluding hydrogens is 350 g/mol. The van der Waals surface area contributed by atoms with Gasteiger partial charge in [0.1, 0.15) is 16.3 Å². The normalized spacial score (nSPS) is 17.2. The maximum absolute atomic E-state index is 11.5. The Morgan fingerprint density at radius 1 is 1.14 bits per heavy atom. The summed E-state index contributed by atoms with van der Waals surface area (Å²) in [6, 6.07) is 13.4. The number of nitrogens with two attached hydrogens (primary N) is 2. The lowest BCUT2D eigenvalue weighted by atomic mass is 9.78. The molecule has 6 nitrogen and oxygen atoms in total. The Morgan fingerprint density at radius 3 is 2.61 bits per heavy atom. The van der Waals surface area contributed by atoms with E-state index >= 15 is 0 Å². The fourth-order valence-electron chi connectivity index (χ4n) is 4.15. The van der Waals surface area contributed by atoms with Crippen molar-refractivity contribution in [2.75, 3.05) is 6.54 Å². The van der Waals surface area contributed by atoms with E-state index in [1.54, 1.807) is 0 Å². The lowest BCUT2D eigenvalue weighted by Gasteiger charge is -2.37. The van der Waals surface area contributed by atoms with Gasteiger partial charge in [-0.05, 0) is 62.9 Å². The van der Waals surface area contributed by atoms with E-state index in [9.17, 15) is 5.11 Å². The van der Waals surface area contributed by atoms with Crippen molar-refractivity contribution in [2.45, 2.75) is 51.2 Å². The summed E-state index contributed by atoms with van der Waals surface area (Å²) in [5.74, 6) is 0.433. The number of hydrogen-bond acceptors (Lipinski definition) is 5. The number of hydrogen-bond donors (Lipinski definition) is 3. The minimum absolute atomic E-state index is 0.347. The molecule has 0 radical (unpaired) electrons. The summed E-state index contributed by atoms with van der Waals surface area (Å²) in [5.41, 5.74) is 14.4. The predicted octanol–water partition coefficient (Wildman–Crippen LogP) is 2.91. The van der Waals surface area contributed by atoms with Gasteiger partial charge in [-0.1, -0.05) is 32.0 Å². The smallest absolute Gasteiger partial charge is 0.383 e. The highest BCUT2D eigenvalue weighted by Gasteiger charge is 2.38. The topological polar surface area (TPSA) is 112 Å².